The molecule has 3 aromatic rings. The van der Waals surface area contributed by atoms with Crippen molar-refractivity contribution in [2.45, 2.75) is 67.2 Å². The molecule has 6 heteroatoms. The first-order valence-corrected chi connectivity index (χ1v) is 19.2. The van der Waals surface area contributed by atoms with Crippen LogP contribution < -0.4 is 0 Å². The van der Waals surface area contributed by atoms with Crippen molar-refractivity contribution >= 4 is 27.6 Å². The summed E-state index contributed by atoms with van der Waals surface area (Å²) < 4.78 is 27.5. The van der Waals surface area contributed by atoms with E-state index in [-0.39, 0.29) is 5.56 Å². The maximum absolute atomic E-state index is 13.8. The van der Waals surface area contributed by atoms with Crippen LogP contribution in [0.1, 0.15) is 66.4 Å². The fourth-order valence-electron chi connectivity index (χ4n) is 5.24. The molecule has 36 heavy (non-hydrogen) atoms. The number of hydrogen-bond acceptors (Lipinski definition) is 3. The van der Waals surface area contributed by atoms with Gasteiger partial charge >= 0.3 is 220 Å². The van der Waals surface area contributed by atoms with Crippen LogP contribution in [-0.2, 0) is 13.3 Å². The van der Waals surface area contributed by atoms with Gasteiger partial charge in [-0.25, -0.2) is 0 Å². The maximum atomic E-state index is 13.8. The molecule has 1 atom stereocenters. The minimum atomic E-state index is -3.38. The number of rotatable bonds is 10. The van der Waals surface area contributed by atoms with E-state index in [0.29, 0.717) is 15.7 Å². The van der Waals surface area contributed by atoms with Crippen LogP contribution in [0, 0.1) is 12.8 Å². The van der Waals surface area contributed by atoms with Gasteiger partial charge in [-0.2, -0.15) is 0 Å². The van der Waals surface area contributed by atoms with Crippen LogP contribution in [0.3, 0.4) is 0 Å². The van der Waals surface area contributed by atoms with Crippen molar-refractivity contribution in [2.24, 2.45) is 5.92 Å². The average molecular weight is 567 g/mol. The molecule has 190 valence electrons. The molecule has 1 fully saturated rings. The molecule has 0 amide bonds. The van der Waals surface area contributed by atoms with Gasteiger partial charge in [-0.15, -0.1) is 0 Å². The van der Waals surface area contributed by atoms with Gasteiger partial charge in [0.1, 0.15) is 0 Å². The van der Waals surface area contributed by atoms with E-state index in [4.69, 9.17) is 0 Å². The Morgan fingerprint density at radius 2 is 1.61 bits per heavy atom. The second kappa shape index (κ2) is 12.3. The summed E-state index contributed by atoms with van der Waals surface area (Å²) in [5.41, 5.74) is 3.69. The summed E-state index contributed by atoms with van der Waals surface area (Å²) in [6, 6.07) is 22.0. The third kappa shape index (κ3) is 6.49. The molecule has 0 bridgehead atoms. The van der Waals surface area contributed by atoms with Crippen molar-refractivity contribution in [3.8, 4) is 11.1 Å². The zero-order chi connectivity index (χ0) is 25.5. The van der Waals surface area contributed by atoms with E-state index in [0.717, 1.165) is 40.7 Å². The summed E-state index contributed by atoms with van der Waals surface area (Å²) in [5.74, 6) is -0.241. The van der Waals surface area contributed by atoms with E-state index in [1.165, 1.54) is 32.1 Å². The van der Waals surface area contributed by atoms with Gasteiger partial charge in [0.05, 0.1) is 0 Å². The SMILES string of the molecule is Cc1ccccc1-c1cc(C[As](CCCC2CCCCC2)S(=O)(=O)c2ccccc2)ccc1C(=O)O. The molecular formula is C30H35AsO4S. The van der Waals surface area contributed by atoms with Crippen molar-refractivity contribution in [2.75, 3.05) is 0 Å². The minimum absolute atomic E-state index is 0.246. The molecule has 1 aliphatic carbocycles. The molecule has 0 aromatic heterocycles. The first kappa shape index (κ1) is 26.7. The normalized spacial score (nSPS) is 15.5. The van der Waals surface area contributed by atoms with E-state index >= 15 is 0 Å². The number of aromatic carboxylic acids is 1. The van der Waals surface area contributed by atoms with Crippen molar-refractivity contribution in [3.63, 3.8) is 0 Å². The first-order chi connectivity index (χ1) is 17.4. The number of carbonyl (C=O) groups is 1. The van der Waals surface area contributed by atoms with Gasteiger partial charge in [-0.05, 0) is 0 Å². The molecular weight excluding hydrogens is 531 g/mol. The number of aryl methyl sites for hydroxylation is 1. The molecule has 0 saturated heterocycles. The first-order valence-electron chi connectivity index (χ1n) is 12.8. The fourth-order valence-corrected chi connectivity index (χ4v) is 15.8. The Labute approximate surface area is 218 Å². The van der Waals surface area contributed by atoms with Gasteiger partial charge in [-0.1, -0.05) is 0 Å². The Morgan fingerprint density at radius 1 is 0.917 bits per heavy atom. The van der Waals surface area contributed by atoms with E-state index < -0.39 is 27.6 Å². The third-order valence-corrected chi connectivity index (χ3v) is 19.2. The van der Waals surface area contributed by atoms with Crippen molar-refractivity contribution in [1.29, 1.82) is 0 Å². The molecule has 1 aliphatic rings. The average Bonchev–Trinajstić information content (AvgIpc) is 2.89. The monoisotopic (exact) mass is 566 g/mol. The predicted octanol–water partition coefficient (Wildman–Crippen LogP) is 7.27. The van der Waals surface area contributed by atoms with E-state index in [2.05, 4.69) is 0 Å². The van der Waals surface area contributed by atoms with Gasteiger partial charge in [0.25, 0.3) is 0 Å². The van der Waals surface area contributed by atoms with Crippen LogP contribution >= 0.6 is 0 Å². The fraction of sp³-hybridized carbons (Fsp3) is 0.367. The molecule has 1 saturated carbocycles. The topological polar surface area (TPSA) is 71.4 Å². The molecule has 0 heterocycles. The molecule has 4 rings (SSSR count). The summed E-state index contributed by atoms with van der Waals surface area (Å²) >= 11 is -2.40. The molecule has 1 N–H and O–H groups in total. The zero-order valence-corrected chi connectivity index (χ0v) is 23.6. The number of hydrogen-bond donors (Lipinski definition) is 1. The van der Waals surface area contributed by atoms with Crippen LogP contribution in [-0.4, -0.2) is 33.0 Å². The Hall–Kier alpha value is -2.36. The second-order valence-electron chi connectivity index (χ2n) is 9.80. The number of carboxylic acid groups (broad SMARTS) is 1. The van der Waals surface area contributed by atoms with E-state index in [1.54, 1.807) is 30.3 Å². The van der Waals surface area contributed by atoms with Gasteiger partial charge in [0.2, 0.25) is 0 Å². The van der Waals surface area contributed by atoms with Gasteiger partial charge in [0.15, 0.2) is 0 Å². The van der Waals surface area contributed by atoms with Crippen molar-refractivity contribution < 1.29 is 18.3 Å². The Balaban J connectivity index is 1.64. The van der Waals surface area contributed by atoms with Crippen molar-refractivity contribution in [3.05, 3.63) is 89.5 Å². The molecule has 0 spiro atoms. The molecule has 4 nitrogen and oxygen atoms in total. The Morgan fingerprint density at radius 3 is 2.31 bits per heavy atom. The predicted molar refractivity (Wildman–Crippen MR) is 147 cm³/mol. The van der Waals surface area contributed by atoms with Gasteiger partial charge < -0.3 is 0 Å². The van der Waals surface area contributed by atoms with Crippen molar-refractivity contribution in [1.82, 2.24) is 0 Å². The Bertz CT molecular complexity index is 1280. The van der Waals surface area contributed by atoms with Crippen LogP contribution in [0.5, 0.6) is 0 Å². The summed E-state index contributed by atoms with van der Waals surface area (Å²) in [5, 5.41) is 11.1. The number of carboxylic acids is 1. The summed E-state index contributed by atoms with van der Waals surface area (Å²) in [7, 11) is -3.38. The number of benzene rings is 3. The van der Waals surface area contributed by atoms with Gasteiger partial charge in [-0.3, -0.25) is 0 Å². The van der Waals surface area contributed by atoms with E-state index in [9.17, 15) is 18.3 Å². The standard InChI is InChI=1S/C30H35AsO4S/c1-23-11-8-9-17-27(23)29-21-25(18-19-28(29)30(32)33)22-31(20-10-14-24-12-4-2-5-13-24)36(34,35)26-15-6-3-7-16-26/h3,6-9,11,15-19,21,24H,2,4-5,10,12-14,20,22H2,1H3,(H,32,33). The van der Waals surface area contributed by atoms with E-state index in [1.807, 2.05) is 49.4 Å². The zero-order valence-electron chi connectivity index (χ0n) is 20.9. The molecule has 1 unspecified atom stereocenters. The van der Waals surface area contributed by atoms with Crippen LogP contribution in [0.25, 0.3) is 11.1 Å². The van der Waals surface area contributed by atoms with Gasteiger partial charge in [0, 0.05) is 0 Å². The Kier molecular flexibility index (Phi) is 9.09. The second-order valence-corrected chi connectivity index (χ2v) is 20.6. The third-order valence-electron chi connectivity index (χ3n) is 7.23. The van der Waals surface area contributed by atoms with Crippen LogP contribution in [0.4, 0.5) is 0 Å². The molecule has 0 radical (unpaired) electrons. The summed E-state index contributed by atoms with van der Waals surface area (Å²) in [6.07, 6.45) is 8.53. The molecule has 3 aromatic carbocycles. The van der Waals surface area contributed by atoms with Crippen LogP contribution in [0.2, 0.25) is 5.21 Å². The quantitative estimate of drug-likeness (QED) is 0.262. The summed E-state index contributed by atoms with van der Waals surface area (Å²) in [4.78, 5) is 12.4. The van der Waals surface area contributed by atoms with Crippen LogP contribution in [0.15, 0.2) is 77.7 Å². The molecule has 0 aliphatic heterocycles. The summed E-state index contributed by atoms with van der Waals surface area (Å²) in [6.45, 7) is 1.97.